The van der Waals surface area contributed by atoms with E-state index in [0.717, 1.165) is 23.1 Å². The highest BCUT2D eigenvalue weighted by Crippen LogP contribution is 2.37. The maximum absolute atomic E-state index is 13.3. The highest BCUT2D eigenvalue weighted by Gasteiger charge is 2.39. The highest BCUT2D eigenvalue weighted by molar-refractivity contribution is 7.88. The Morgan fingerprint density at radius 1 is 1.06 bits per heavy atom. The van der Waals surface area contributed by atoms with Gasteiger partial charge in [0.05, 0.1) is 6.26 Å². The van der Waals surface area contributed by atoms with E-state index in [9.17, 15) is 17.6 Å². The second kappa shape index (κ2) is 9.29. The number of hydrogen-bond acceptors (Lipinski definition) is 3. The van der Waals surface area contributed by atoms with E-state index in [1.807, 2.05) is 4.90 Å². The molecule has 2 atom stereocenters. The second-order valence-corrected chi connectivity index (χ2v) is 11.4. The van der Waals surface area contributed by atoms with Crippen LogP contribution >= 0.6 is 23.2 Å². The lowest BCUT2D eigenvalue weighted by atomic mass is 9.86. The van der Waals surface area contributed by atoms with Gasteiger partial charge in [0.2, 0.25) is 15.9 Å². The number of sulfonamides is 1. The Balaban J connectivity index is 1.64. The summed E-state index contributed by atoms with van der Waals surface area (Å²) in [6, 6.07) is 9.63. The van der Waals surface area contributed by atoms with Gasteiger partial charge in [-0.15, -0.1) is 0 Å². The molecule has 5 nitrogen and oxygen atoms in total. The molecular formula is C23H25Cl2FN2O3S. The lowest BCUT2D eigenvalue weighted by molar-refractivity contribution is -0.131. The Morgan fingerprint density at radius 3 is 2.28 bits per heavy atom. The van der Waals surface area contributed by atoms with Crippen molar-refractivity contribution >= 4 is 39.1 Å². The zero-order valence-corrected chi connectivity index (χ0v) is 20.1. The number of carbonyl (C=O) groups excluding carboxylic acids is 1. The summed E-state index contributed by atoms with van der Waals surface area (Å²) < 4.78 is 39.1. The van der Waals surface area contributed by atoms with Crippen LogP contribution in [0.25, 0.3) is 11.1 Å². The van der Waals surface area contributed by atoms with Crippen molar-refractivity contribution in [3.63, 3.8) is 0 Å². The third-order valence-electron chi connectivity index (χ3n) is 6.42. The number of benzene rings is 2. The lowest BCUT2D eigenvalue weighted by Crippen LogP contribution is -2.53. The summed E-state index contributed by atoms with van der Waals surface area (Å²) in [4.78, 5) is 14.3. The van der Waals surface area contributed by atoms with Crippen LogP contribution in [0, 0.1) is 11.7 Å². The van der Waals surface area contributed by atoms with Gasteiger partial charge in [0.15, 0.2) is 0 Å². The van der Waals surface area contributed by atoms with Gasteiger partial charge in [0.25, 0.3) is 0 Å². The normalized spacial score (nSPS) is 22.5. The largest absolute Gasteiger partial charge is 0.339 e. The molecular weight excluding hydrogens is 474 g/mol. The van der Waals surface area contributed by atoms with Crippen LogP contribution in [0.2, 0.25) is 10.0 Å². The van der Waals surface area contributed by atoms with Crippen molar-refractivity contribution in [3.05, 3.63) is 57.8 Å². The van der Waals surface area contributed by atoms with Gasteiger partial charge < -0.3 is 4.90 Å². The summed E-state index contributed by atoms with van der Waals surface area (Å²) in [6.07, 6.45) is 3.62. The molecule has 2 heterocycles. The first-order valence-electron chi connectivity index (χ1n) is 10.6. The molecule has 172 valence electrons. The summed E-state index contributed by atoms with van der Waals surface area (Å²) in [7, 11) is -3.34. The molecule has 0 bridgehead atoms. The van der Waals surface area contributed by atoms with Crippen molar-refractivity contribution in [1.29, 1.82) is 0 Å². The predicted molar refractivity (Wildman–Crippen MR) is 125 cm³/mol. The Kier molecular flexibility index (Phi) is 6.82. The molecule has 4 rings (SSSR count). The number of rotatable bonds is 5. The van der Waals surface area contributed by atoms with Crippen molar-refractivity contribution in [2.24, 2.45) is 5.92 Å². The quantitative estimate of drug-likeness (QED) is 0.604. The molecule has 32 heavy (non-hydrogen) atoms. The van der Waals surface area contributed by atoms with Crippen LogP contribution in [-0.4, -0.2) is 55.5 Å². The first-order valence-corrected chi connectivity index (χ1v) is 13.2. The molecule has 2 saturated heterocycles. The monoisotopic (exact) mass is 498 g/mol. The number of carbonyl (C=O) groups is 1. The number of halogens is 3. The molecule has 0 spiro atoms. The van der Waals surface area contributed by atoms with Crippen molar-refractivity contribution in [2.75, 3.05) is 25.9 Å². The molecule has 2 aliphatic rings. The van der Waals surface area contributed by atoms with Gasteiger partial charge in [-0.3, -0.25) is 4.79 Å². The van der Waals surface area contributed by atoms with E-state index in [1.54, 1.807) is 24.3 Å². The van der Waals surface area contributed by atoms with Crippen molar-refractivity contribution in [1.82, 2.24) is 9.21 Å². The fourth-order valence-electron chi connectivity index (χ4n) is 4.79. The van der Waals surface area contributed by atoms with Gasteiger partial charge in [0.1, 0.15) is 5.82 Å². The van der Waals surface area contributed by atoms with Gasteiger partial charge in [-0.2, -0.15) is 0 Å². The van der Waals surface area contributed by atoms with E-state index >= 15 is 0 Å². The van der Waals surface area contributed by atoms with E-state index in [2.05, 4.69) is 0 Å². The van der Waals surface area contributed by atoms with Crippen molar-refractivity contribution in [3.8, 4) is 11.1 Å². The van der Waals surface area contributed by atoms with Crippen LogP contribution < -0.4 is 0 Å². The molecule has 0 radical (unpaired) electrons. The summed E-state index contributed by atoms with van der Waals surface area (Å²) in [5.41, 5.74) is 2.30. The van der Waals surface area contributed by atoms with E-state index in [0.29, 0.717) is 48.9 Å². The maximum Gasteiger partial charge on any atom is 0.222 e. The van der Waals surface area contributed by atoms with Crippen molar-refractivity contribution in [2.45, 2.75) is 31.7 Å². The van der Waals surface area contributed by atoms with Gasteiger partial charge in [-0.25, -0.2) is 17.1 Å². The summed E-state index contributed by atoms with van der Waals surface area (Å²) in [5.74, 6) is -0.318. The fourth-order valence-corrected chi connectivity index (χ4v) is 6.33. The Hall–Kier alpha value is -1.67. The van der Waals surface area contributed by atoms with E-state index in [1.165, 1.54) is 22.7 Å². The van der Waals surface area contributed by atoms with E-state index in [4.69, 9.17) is 23.2 Å². The number of amides is 1. The van der Waals surface area contributed by atoms with Crippen LogP contribution in [0.1, 0.15) is 24.8 Å². The standard InChI is InChI=1S/C23H25Cl2FN2O3S/c1-32(30,31)27-10-8-22(28-9-2-3-23(28)29)17(14-27)11-19-20(24)12-16(13-21(19)25)15-4-6-18(26)7-5-15/h4-7,12-13,17,22H,2-3,8-11,14H2,1H3/t17-,22?/m1/s1. The fraction of sp³-hybridized carbons (Fsp3) is 0.435. The Bertz CT molecular complexity index is 1100. The number of piperidine rings is 1. The minimum Gasteiger partial charge on any atom is -0.339 e. The van der Waals surface area contributed by atoms with Gasteiger partial charge in [-0.1, -0.05) is 35.3 Å². The molecule has 2 aliphatic heterocycles. The van der Waals surface area contributed by atoms with Crippen molar-refractivity contribution < 1.29 is 17.6 Å². The molecule has 0 N–H and O–H groups in total. The molecule has 0 aliphatic carbocycles. The zero-order valence-electron chi connectivity index (χ0n) is 17.7. The topological polar surface area (TPSA) is 57.7 Å². The third kappa shape index (κ3) is 4.96. The molecule has 2 fully saturated rings. The summed E-state index contributed by atoms with van der Waals surface area (Å²) in [5, 5.41) is 0.944. The maximum atomic E-state index is 13.3. The molecule has 0 saturated carbocycles. The van der Waals surface area contributed by atoms with Crippen LogP contribution in [0.5, 0.6) is 0 Å². The van der Waals surface area contributed by atoms with E-state index < -0.39 is 10.0 Å². The molecule has 2 aromatic carbocycles. The zero-order chi connectivity index (χ0) is 23.0. The van der Waals surface area contributed by atoms with Gasteiger partial charge in [-0.05, 0) is 66.1 Å². The first kappa shape index (κ1) is 23.5. The smallest absolute Gasteiger partial charge is 0.222 e. The highest BCUT2D eigenvalue weighted by atomic mass is 35.5. The average Bonchev–Trinajstić information content (AvgIpc) is 3.16. The van der Waals surface area contributed by atoms with Crippen LogP contribution in [0.3, 0.4) is 0 Å². The Morgan fingerprint density at radius 2 is 1.72 bits per heavy atom. The minimum atomic E-state index is -3.34. The second-order valence-electron chi connectivity index (χ2n) is 8.56. The number of hydrogen-bond donors (Lipinski definition) is 0. The van der Waals surface area contributed by atoms with Gasteiger partial charge >= 0.3 is 0 Å². The summed E-state index contributed by atoms with van der Waals surface area (Å²) >= 11 is 13.3. The number of likely N-dealkylation sites (tertiary alicyclic amines) is 1. The predicted octanol–water partition coefficient (Wildman–Crippen LogP) is 4.61. The first-order chi connectivity index (χ1) is 15.1. The van der Waals surface area contributed by atoms with Crippen LogP contribution in [-0.2, 0) is 21.2 Å². The minimum absolute atomic E-state index is 0.0492. The lowest BCUT2D eigenvalue weighted by Gasteiger charge is -2.42. The third-order valence-corrected chi connectivity index (χ3v) is 8.36. The molecule has 0 aromatic heterocycles. The molecule has 1 amide bonds. The van der Waals surface area contributed by atoms with E-state index in [-0.39, 0.29) is 23.7 Å². The number of nitrogens with zero attached hydrogens (tertiary/aromatic N) is 2. The van der Waals surface area contributed by atoms with Crippen LogP contribution in [0.4, 0.5) is 4.39 Å². The molecule has 9 heteroatoms. The van der Waals surface area contributed by atoms with Crippen LogP contribution in [0.15, 0.2) is 36.4 Å². The Labute approximate surface area is 198 Å². The molecule has 2 aromatic rings. The SMILES string of the molecule is CS(=O)(=O)N1CCC(N2CCCC2=O)[C@H](Cc2c(Cl)cc(-c3ccc(F)cc3)cc2Cl)C1. The van der Waals surface area contributed by atoms with Gasteiger partial charge in [0, 0.05) is 42.1 Å². The molecule has 1 unspecified atom stereocenters. The average molecular weight is 499 g/mol. The summed E-state index contributed by atoms with van der Waals surface area (Å²) in [6.45, 7) is 1.41.